The Hall–Kier alpha value is -4.56. The van der Waals surface area contributed by atoms with Crippen LogP contribution in [0.4, 0.5) is 0 Å². The maximum Gasteiger partial charge on any atom is 0.342 e. The summed E-state index contributed by atoms with van der Waals surface area (Å²) in [7, 11) is 8.10. The van der Waals surface area contributed by atoms with Gasteiger partial charge < -0.3 is 164 Å². The predicted molar refractivity (Wildman–Crippen MR) is 377 cm³/mol. The van der Waals surface area contributed by atoms with Crippen molar-refractivity contribution in [1.82, 2.24) is 0 Å². The fourth-order valence-electron chi connectivity index (χ4n) is 17.9. The van der Waals surface area contributed by atoms with E-state index < -0.39 is 241 Å². The number of esters is 2. The Morgan fingerprint density at radius 2 is 1.33 bits per heavy atom. The molecule has 0 bridgehead atoms. The number of aliphatic hydroxyl groups is 4. The molecule has 13 rings (SSSR count). The fourth-order valence-corrected chi connectivity index (χ4v) is 18.4. The maximum atomic E-state index is 14.4. The molecule has 642 valence electrons. The number of aliphatic hydroxyl groups excluding tert-OH is 4. The maximum absolute atomic E-state index is 14.4. The lowest BCUT2D eigenvalue weighted by Crippen LogP contribution is -2.68. The molecule has 114 heavy (non-hydrogen) atoms. The highest BCUT2D eigenvalue weighted by molar-refractivity contribution is 6.39. The second kappa shape index (κ2) is 34.9. The summed E-state index contributed by atoms with van der Waals surface area (Å²) in [4.78, 5) is 40.2. The minimum Gasteiger partial charge on any atom is -0.508 e. The standard InChI is InChI=1S/C73H103Cl2NO38/c1-27-18-34(77)19-35(78)43(27)64(84)104-40-25-98-73(63-55(40)96-26-97-63)111-41-24-95-67(59(54(41)112-73)94-17-16-88-10)109-68-58(92-14)49(81)53(39(105-68)23-89-11)107-66-50(82)57(52(90-12)31(5)101-66)108-69-60(83)71(9)62(33(7)102-69)113-72(114-71)21-36(79)45(29(3)110-72)37-20-38(103-42-22-70(8,76(86)87)61(93-15)32(6)100-42)51(30(4)99-37)106-65(85)44-28(2)46(74)48(80)47(75)56(44)91-13/h18-19,29-33,36-42,45,49-55,57-63,66-69,77-83H,16-17,20-26H2,1-15H3/t29-,30-,31-,32+,33-,36-,37-,38-,39-,40-,41+,42+,45-,49+,50-,51-,52+,53-,54-,55+,57-,58+,59-,60-,61+,62-,63-,66+,67+,68+,69+,70-,71-,72-,73-/m1/s1. The highest BCUT2D eigenvalue weighted by atomic mass is 35.5. The van der Waals surface area contributed by atoms with E-state index in [1.807, 2.05) is 0 Å². The quantitative estimate of drug-likeness (QED) is 0.0343. The zero-order chi connectivity index (χ0) is 82.3. The summed E-state index contributed by atoms with van der Waals surface area (Å²) in [5.74, 6) is -8.33. The van der Waals surface area contributed by atoms with Crippen LogP contribution in [-0.2, 0) is 123 Å². The summed E-state index contributed by atoms with van der Waals surface area (Å²) < 4.78 is 168. The van der Waals surface area contributed by atoms with Crippen molar-refractivity contribution in [3.63, 3.8) is 0 Å². The Kier molecular flexibility index (Phi) is 26.7. The van der Waals surface area contributed by atoms with Crippen molar-refractivity contribution >= 4 is 35.1 Å². The van der Waals surface area contributed by atoms with Gasteiger partial charge in [0, 0.05) is 65.8 Å². The van der Waals surface area contributed by atoms with E-state index in [-0.39, 0.29) is 103 Å². The molecule has 0 aliphatic carbocycles. The number of hydrogen-bond donors (Lipinski definition) is 7. The molecular weight excluding hydrogens is 1570 g/mol. The van der Waals surface area contributed by atoms with Gasteiger partial charge in [0.1, 0.15) is 125 Å². The van der Waals surface area contributed by atoms with Gasteiger partial charge in [-0.3, -0.25) is 10.1 Å². The summed E-state index contributed by atoms with van der Waals surface area (Å²) in [5, 5.41) is 93.3. The molecule has 11 aliphatic rings. The van der Waals surface area contributed by atoms with Crippen LogP contribution in [0.3, 0.4) is 0 Å². The molecule has 35 atom stereocenters. The highest BCUT2D eigenvalue weighted by Gasteiger charge is 2.71. The first kappa shape index (κ1) is 87.3. The molecule has 11 saturated heterocycles. The van der Waals surface area contributed by atoms with Crippen LogP contribution < -0.4 is 4.74 Å². The van der Waals surface area contributed by atoms with Gasteiger partial charge in [0.05, 0.1) is 101 Å². The number of nitro groups is 1. The number of halogens is 2. The number of aryl methyl sites for hydroxylation is 1. The molecular formula is C73H103Cl2NO38. The number of nitrogens with zero attached hydrogens (tertiary/aromatic N) is 1. The van der Waals surface area contributed by atoms with Crippen LogP contribution in [0, 0.1) is 29.9 Å². The summed E-state index contributed by atoms with van der Waals surface area (Å²) >= 11 is 12.9. The van der Waals surface area contributed by atoms with E-state index in [1.165, 1.54) is 69.5 Å². The number of methoxy groups -OCH3 is 6. The minimum atomic E-state index is -2.05. The normalized spacial score (nSPS) is 44.8. The average molecular weight is 1670 g/mol. The lowest BCUT2D eigenvalue weighted by atomic mass is 9.81. The molecule has 0 unspecified atom stereocenters. The molecule has 2 spiro atoms. The molecule has 0 radical (unpaired) electrons. The first-order valence-corrected chi connectivity index (χ1v) is 38.4. The van der Waals surface area contributed by atoms with Gasteiger partial charge >= 0.3 is 17.9 Å². The molecule has 2 aromatic carbocycles. The first-order chi connectivity index (χ1) is 54.1. The third-order valence-corrected chi connectivity index (χ3v) is 24.2. The van der Waals surface area contributed by atoms with Gasteiger partial charge in [-0.2, -0.15) is 0 Å². The molecule has 0 aromatic heterocycles. The topological polar surface area (TPSA) is 468 Å². The molecule has 11 heterocycles. The Labute approximate surface area is 665 Å². The first-order valence-electron chi connectivity index (χ1n) is 37.7. The molecule has 0 saturated carbocycles. The van der Waals surface area contributed by atoms with E-state index in [0.717, 1.165) is 6.07 Å². The predicted octanol–water partition coefficient (Wildman–Crippen LogP) is 2.21. The van der Waals surface area contributed by atoms with Crippen LogP contribution in [0.25, 0.3) is 0 Å². The summed E-state index contributed by atoms with van der Waals surface area (Å²) in [6.07, 6.45) is -37.7. The van der Waals surface area contributed by atoms with Crippen LogP contribution in [-0.4, -0.2) is 342 Å². The van der Waals surface area contributed by atoms with Gasteiger partial charge in [0.25, 0.3) is 11.5 Å². The Balaban J connectivity index is 0.669. The molecule has 39 nitrogen and oxygen atoms in total. The van der Waals surface area contributed by atoms with Gasteiger partial charge in [0.2, 0.25) is 0 Å². The third kappa shape index (κ3) is 16.2. The molecule has 41 heteroatoms. The Morgan fingerprint density at radius 1 is 0.623 bits per heavy atom. The summed E-state index contributed by atoms with van der Waals surface area (Å²) in [5.41, 5.74) is -3.49. The van der Waals surface area contributed by atoms with Gasteiger partial charge in [-0.1, -0.05) is 23.2 Å². The number of carbonyl (C=O) groups excluding carboxylic acids is 2. The number of carbonyl (C=O) groups is 2. The Morgan fingerprint density at radius 3 is 2.01 bits per heavy atom. The summed E-state index contributed by atoms with van der Waals surface area (Å²) in [6, 6.07) is 2.31. The lowest BCUT2D eigenvalue weighted by Gasteiger charge is -2.50. The van der Waals surface area contributed by atoms with Gasteiger partial charge in [-0.15, -0.1) is 0 Å². The number of rotatable bonds is 24. The van der Waals surface area contributed by atoms with E-state index in [4.69, 9.17) is 151 Å². The SMILES string of the molecule is COCCO[C@H]1[C@H](O[C@@H]2O[C@H](COC)[C@@H](O[C@@H]3O[C@H](C)[C@H](OC)[C@H](O[C@@H]4O[C@H](C)[C@H]5O[C@]6(C[C@@H](O)[C@H]([C@H]7C[C@@H](O[C@H]8C[C@@](C)([N+](=O)[O-])[C@@H](OC)[C@H](C)O8)[C@H](OC(=O)c8c(C)c(Cl)c(O)c(Cl)c8OC)[C@@H](C)O7)[C@@H](C)O6)O[C@]5(C)[C@@H]4O)[C@H]3O)[C@H](O)[C@@H]2OC)OC[C@@H]2O[C@@]3(OC[C@@H](OC(=O)c4c(C)cc(O)cc4O)[C@@H]4OCO[C@H]43)O[C@@H]12. The average Bonchev–Trinajstić information content (AvgIpc) is 1.62. The zero-order valence-electron chi connectivity index (χ0n) is 65.4. The minimum absolute atomic E-state index is 0.0124. The van der Waals surface area contributed by atoms with E-state index in [9.17, 15) is 55.4 Å². The van der Waals surface area contributed by atoms with E-state index in [2.05, 4.69) is 0 Å². The number of phenols is 3. The van der Waals surface area contributed by atoms with Crippen LogP contribution in [0.5, 0.6) is 23.0 Å². The van der Waals surface area contributed by atoms with Gasteiger partial charge in [0.15, 0.2) is 67.4 Å². The third-order valence-electron chi connectivity index (χ3n) is 23.4. The van der Waals surface area contributed by atoms with Crippen molar-refractivity contribution in [3.8, 4) is 23.0 Å². The van der Waals surface area contributed by atoms with Crippen molar-refractivity contribution in [2.75, 3.05) is 82.5 Å². The van der Waals surface area contributed by atoms with Crippen LogP contribution in [0.15, 0.2) is 12.1 Å². The smallest absolute Gasteiger partial charge is 0.342 e. The fraction of sp³-hybridized carbons (Fsp3) is 0.808. The van der Waals surface area contributed by atoms with E-state index in [1.54, 1.807) is 41.5 Å². The number of hydrogen-bond acceptors (Lipinski definition) is 38. The lowest BCUT2D eigenvalue weighted by molar-refractivity contribution is -0.595. The second-order valence-electron chi connectivity index (χ2n) is 30.8. The molecule has 11 fully saturated rings. The molecule has 7 N–H and O–H groups in total. The van der Waals surface area contributed by atoms with Crippen LogP contribution in [0.2, 0.25) is 10.0 Å². The largest absolute Gasteiger partial charge is 0.508 e. The number of phenolic OH excluding ortho intramolecular Hbond substituents is 3. The number of fused-ring (bicyclic) bond motifs is 4. The Bertz CT molecular complexity index is 3690. The van der Waals surface area contributed by atoms with Crippen molar-refractivity contribution in [2.24, 2.45) is 5.92 Å². The highest BCUT2D eigenvalue weighted by Crippen LogP contribution is 2.54. The number of aromatic hydroxyl groups is 3. The number of ether oxygens (including phenoxy) is 27. The number of benzene rings is 2. The van der Waals surface area contributed by atoms with Gasteiger partial charge in [-0.25, -0.2) is 9.59 Å². The van der Waals surface area contributed by atoms with Gasteiger partial charge in [-0.05, 0) is 72.6 Å². The van der Waals surface area contributed by atoms with E-state index >= 15 is 0 Å². The molecule has 2 aromatic rings. The molecule has 11 aliphatic heterocycles. The van der Waals surface area contributed by atoms with Crippen molar-refractivity contribution in [2.45, 2.75) is 289 Å². The monoisotopic (exact) mass is 1670 g/mol. The van der Waals surface area contributed by atoms with Crippen LogP contribution >= 0.6 is 23.2 Å². The molecule has 0 amide bonds. The summed E-state index contributed by atoms with van der Waals surface area (Å²) in [6.45, 7) is 13.2. The van der Waals surface area contributed by atoms with E-state index in [0.29, 0.717) is 0 Å². The van der Waals surface area contributed by atoms with Crippen molar-refractivity contribution in [1.29, 1.82) is 0 Å². The van der Waals surface area contributed by atoms with Crippen LogP contribution in [0.1, 0.15) is 99.6 Å². The second-order valence-corrected chi connectivity index (χ2v) is 31.6. The zero-order valence-corrected chi connectivity index (χ0v) is 66.9. The van der Waals surface area contributed by atoms with Crippen molar-refractivity contribution in [3.05, 3.63) is 54.5 Å². The van der Waals surface area contributed by atoms with Crippen molar-refractivity contribution < 1.29 is 178 Å².